The summed E-state index contributed by atoms with van der Waals surface area (Å²) in [6.07, 6.45) is 45.3. The number of unbranched alkanes of at least 4 members (excludes halogenated alkanes) is 24. The van der Waals surface area contributed by atoms with Crippen LogP contribution in [0.3, 0.4) is 0 Å². The van der Waals surface area contributed by atoms with Crippen molar-refractivity contribution < 1.29 is 38.9 Å². The molecule has 0 heterocycles. The Bertz CT molecular complexity index is 1380. The minimum Gasteiger partial charge on any atom is -0.545 e. The molecule has 0 unspecified atom stereocenters. The first-order valence-corrected chi connectivity index (χ1v) is 26.0. The molecule has 0 aromatic heterocycles. The molecule has 2 rings (SSSR count). The first kappa shape index (κ1) is 67.9. The number of rotatable bonds is 36. The van der Waals surface area contributed by atoms with Gasteiger partial charge in [-0.25, -0.2) is 9.59 Å². The van der Waals surface area contributed by atoms with Crippen molar-refractivity contribution in [3.05, 3.63) is 109 Å². The average molecular weight is 1040 g/mol. The summed E-state index contributed by atoms with van der Waals surface area (Å²) in [5.74, 6) is -3.92. The van der Waals surface area contributed by atoms with Crippen molar-refractivity contribution in [1.82, 2.24) is 0 Å². The summed E-state index contributed by atoms with van der Waals surface area (Å²) in [4.78, 5) is 45.8. The van der Waals surface area contributed by atoms with Crippen LogP contribution in [0.15, 0.2) is 72.8 Å². The number of carbonyl (C=O) groups is 4. The van der Waals surface area contributed by atoms with Gasteiger partial charge in [-0.1, -0.05) is 244 Å². The summed E-state index contributed by atoms with van der Waals surface area (Å²) in [6, 6.07) is 11.9. The van der Waals surface area contributed by atoms with Crippen molar-refractivity contribution in [3.8, 4) is 0 Å². The number of hydrogen-bond donors (Lipinski definition) is 0. The molecule has 67 heavy (non-hydrogen) atoms. The number of allylic oxidation sites excluding steroid dienone is 4. The molecule has 4 radical (unpaired) electrons. The van der Waals surface area contributed by atoms with E-state index in [2.05, 4.69) is 65.8 Å². The molecule has 2 aromatic carbocycles. The van der Waals surface area contributed by atoms with Gasteiger partial charge in [0.05, 0.1) is 36.3 Å². The second kappa shape index (κ2) is 53.6. The third kappa shape index (κ3) is 43.6. The van der Waals surface area contributed by atoms with Crippen LogP contribution in [0, 0.1) is 13.8 Å². The summed E-state index contributed by atoms with van der Waals surface area (Å²) in [7, 11) is 0. The zero-order valence-corrected chi connectivity index (χ0v) is 45.6. The molecular formula is C58H92O8Sn. The summed E-state index contributed by atoms with van der Waals surface area (Å²) in [6.45, 7) is 17.1. The Hall–Kier alpha value is -3.40. The molecule has 0 spiro atoms. The third-order valence-corrected chi connectivity index (χ3v) is 10.7. The topological polar surface area (TPSA) is 133 Å². The maximum atomic E-state index is 11.9. The van der Waals surface area contributed by atoms with Gasteiger partial charge in [-0.3, -0.25) is 0 Å². The molecule has 8 nitrogen and oxygen atoms in total. The summed E-state index contributed by atoms with van der Waals surface area (Å²) in [5.41, 5.74) is -0.141. The largest absolute Gasteiger partial charge is 2.00 e. The SMILES string of the molecule is CCC/C=C/CCCCCCCCOC(=O)c1ccccc1C(=O)[O-].CCC/C=C/CCCCCCCCOC(=O)c1ccccc1C(=O)[O-].[CH2]CCCCCCC.[CH2]CCCCCCC.[Sn+2]. The van der Waals surface area contributed by atoms with Gasteiger partial charge < -0.3 is 29.3 Å². The molecule has 0 aliphatic carbocycles. The van der Waals surface area contributed by atoms with Crippen LogP contribution >= 0.6 is 0 Å². The van der Waals surface area contributed by atoms with Crippen LogP contribution in [-0.4, -0.2) is 61.0 Å². The number of carboxylic acid groups (broad SMARTS) is 2. The fraction of sp³-hybridized carbons (Fsp3) is 0.621. The van der Waals surface area contributed by atoms with Gasteiger partial charge in [-0.2, -0.15) is 0 Å². The number of hydrogen-bond acceptors (Lipinski definition) is 8. The molecule has 0 aliphatic rings. The molecule has 0 saturated heterocycles. The Balaban J connectivity index is -0.000000914. The average Bonchev–Trinajstić information content (AvgIpc) is 3.33. The van der Waals surface area contributed by atoms with Crippen LogP contribution in [0.4, 0.5) is 0 Å². The smallest absolute Gasteiger partial charge is 0.545 e. The molecule has 2 aromatic rings. The van der Waals surface area contributed by atoms with Gasteiger partial charge in [0.2, 0.25) is 0 Å². The van der Waals surface area contributed by atoms with E-state index in [1.807, 2.05) is 0 Å². The van der Waals surface area contributed by atoms with Gasteiger partial charge in [0.15, 0.2) is 0 Å². The van der Waals surface area contributed by atoms with E-state index < -0.39 is 23.9 Å². The maximum absolute atomic E-state index is 11.9. The Morgan fingerprint density at radius 3 is 1.00 bits per heavy atom. The Labute approximate surface area is 426 Å². The van der Waals surface area contributed by atoms with Gasteiger partial charge in [-0.15, -0.1) is 0 Å². The number of ether oxygens (including phenoxy) is 2. The maximum Gasteiger partial charge on any atom is 2.00 e. The van der Waals surface area contributed by atoms with Crippen LogP contribution < -0.4 is 10.2 Å². The van der Waals surface area contributed by atoms with Crippen molar-refractivity contribution in [3.63, 3.8) is 0 Å². The van der Waals surface area contributed by atoms with Crippen molar-refractivity contribution >= 4 is 47.8 Å². The van der Waals surface area contributed by atoms with E-state index in [0.29, 0.717) is 13.2 Å². The Morgan fingerprint density at radius 2 is 0.687 bits per heavy atom. The monoisotopic (exact) mass is 1040 g/mol. The van der Waals surface area contributed by atoms with Crippen LogP contribution in [0.25, 0.3) is 0 Å². The van der Waals surface area contributed by atoms with Crippen molar-refractivity contribution in [2.75, 3.05) is 13.2 Å². The number of benzene rings is 2. The number of carbonyl (C=O) groups excluding carboxylic acids is 4. The number of aromatic carboxylic acids is 2. The van der Waals surface area contributed by atoms with E-state index in [4.69, 9.17) is 9.47 Å². The van der Waals surface area contributed by atoms with Gasteiger partial charge in [0.1, 0.15) is 0 Å². The summed E-state index contributed by atoms with van der Waals surface area (Å²) >= 11 is 0. The van der Waals surface area contributed by atoms with Crippen LogP contribution in [-0.2, 0) is 9.47 Å². The Kier molecular flexibility index (Phi) is 54.2. The van der Waals surface area contributed by atoms with Crippen molar-refractivity contribution in [2.24, 2.45) is 0 Å². The zero-order chi connectivity index (χ0) is 49.1. The van der Waals surface area contributed by atoms with E-state index >= 15 is 0 Å². The second-order valence-electron chi connectivity index (χ2n) is 16.8. The first-order chi connectivity index (χ1) is 32.2. The van der Waals surface area contributed by atoms with Gasteiger partial charge in [0, 0.05) is 11.1 Å². The van der Waals surface area contributed by atoms with E-state index in [1.54, 1.807) is 24.3 Å². The number of esters is 2. The zero-order valence-electron chi connectivity index (χ0n) is 42.7. The molecule has 0 atom stereocenters. The normalized spacial score (nSPS) is 10.5. The fourth-order valence-electron chi connectivity index (χ4n) is 6.67. The molecule has 376 valence electrons. The van der Waals surface area contributed by atoms with Gasteiger partial charge >= 0.3 is 35.8 Å². The van der Waals surface area contributed by atoms with Gasteiger partial charge in [-0.05, 0) is 63.5 Å². The van der Waals surface area contributed by atoms with Gasteiger partial charge in [0.25, 0.3) is 0 Å². The molecule has 0 N–H and O–H groups in total. The minimum absolute atomic E-state index is 0. The van der Waals surface area contributed by atoms with Crippen molar-refractivity contribution in [2.45, 2.75) is 220 Å². The predicted molar refractivity (Wildman–Crippen MR) is 278 cm³/mol. The summed E-state index contributed by atoms with van der Waals surface area (Å²) in [5, 5.41) is 22.0. The van der Waals surface area contributed by atoms with E-state index in [1.165, 1.54) is 153 Å². The minimum atomic E-state index is -1.36. The number of carboxylic acids is 2. The molecule has 0 fully saturated rings. The molecular weight excluding hydrogens is 943 g/mol. The second-order valence-corrected chi connectivity index (χ2v) is 16.8. The molecule has 0 amide bonds. The standard InChI is InChI=1S/2C21H30O4.2C8H17.Sn/c2*1-2-3-4-5-6-7-8-9-10-11-14-17-25-21(24)19-16-13-12-15-18(19)20(22)23;2*1-3-5-7-8-6-4-2;/h2*4-5,12-13,15-16H,2-3,6-11,14,17H2,1H3,(H,22,23);2*1,3-8H2,2H3;/q;;;;+2/p-2/b2*5-4+;;;. The van der Waals surface area contributed by atoms with Crippen LogP contribution in [0.1, 0.15) is 262 Å². The van der Waals surface area contributed by atoms with E-state index in [9.17, 15) is 29.4 Å². The van der Waals surface area contributed by atoms with Crippen LogP contribution in [0.2, 0.25) is 0 Å². The quantitative estimate of drug-likeness (QED) is 0.0285. The Morgan fingerprint density at radius 1 is 0.403 bits per heavy atom. The van der Waals surface area contributed by atoms with Crippen molar-refractivity contribution in [1.29, 1.82) is 0 Å². The van der Waals surface area contributed by atoms with E-state index in [0.717, 1.165) is 64.2 Å². The third-order valence-electron chi connectivity index (χ3n) is 10.7. The molecule has 0 bridgehead atoms. The molecule has 9 heteroatoms. The fourth-order valence-corrected chi connectivity index (χ4v) is 6.67. The van der Waals surface area contributed by atoms with E-state index in [-0.39, 0.29) is 46.2 Å². The predicted octanol–water partition coefficient (Wildman–Crippen LogP) is 14.6. The first-order valence-electron chi connectivity index (χ1n) is 26.0. The summed E-state index contributed by atoms with van der Waals surface area (Å²) < 4.78 is 10.3. The van der Waals surface area contributed by atoms with Crippen LogP contribution in [0.5, 0.6) is 0 Å². The molecule has 0 aliphatic heterocycles. The molecule has 0 saturated carbocycles.